The first kappa shape index (κ1) is 23.1. The third-order valence-electron chi connectivity index (χ3n) is 5.28. The van der Waals surface area contributed by atoms with Crippen LogP contribution in [0.1, 0.15) is 27.7 Å². The van der Waals surface area contributed by atoms with Gasteiger partial charge in [-0.25, -0.2) is 9.59 Å². The molecule has 3 rings (SSSR count). The Balaban J connectivity index is 2.80. The molecule has 9 heteroatoms. The summed E-state index contributed by atoms with van der Waals surface area (Å²) in [6.45, 7) is 6.50. The molecule has 1 unspecified atom stereocenters. The summed E-state index contributed by atoms with van der Waals surface area (Å²) in [5.74, 6) is -2.45. The molecule has 0 aliphatic heterocycles. The van der Waals surface area contributed by atoms with Gasteiger partial charge in [-0.15, -0.1) is 0 Å². The van der Waals surface area contributed by atoms with Crippen molar-refractivity contribution < 1.29 is 33.0 Å². The maximum absolute atomic E-state index is 13.3. The van der Waals surface area contributed by atoms with Crippen LogP contribution in [0.25, 0.3) is 22.2 Å². The van der Waals surface area contributed by atoms with Crippen LogP contribution in [0.3, 0.4) is 0 Å². The highest BCUT2D eigenvalue weighted by atomic mass is 16.5. The van der Waals surface area contributed by atoms with Gasteiger partial charge in [-0.1, -0.05) is 12.1 Å². The van der Waals surface area contributed by atoms with E-state index in [0.29, 0.717) is 5.39 Å². The van der Waals surface area contributed by atoms with Gasteiger partial charge in [-0.2, -0.15) is 0 Å². The summed E-state index contributed by atoms with van der Waals surface area (Å²) in [4.78, 5) is 52.8. The number of carbonyl (C=O) groups excluding carboxylic acids is 3. The van der Waals surface area contributed by atoms with Gasteiger partial charge in [-0.3, -0.25) is 9.59 Å². The summed E-state index contributed by atoms with van der Waals surface area (Å²) >= 11 is 0. The highest BCUT2D eigenvalue weighted by Crippen LogP contribution is 2.42. The molecule has 9 nitrogen and oxygen atoms in total. The number of Topliss-reactive ketones (excluding diaryl/α,β-unsaturated/α-hetero) is 1. The number of rotatable bonds is 5. The lowest BCUT2D eigenvalue weighted by Gasteiger charge is -2.34. The van der Waals surface area contributed by atoms with Gasteiger partial charge in [0.05, 0.1) is 37.8 Å². The zero-order valence-corrected chi connectivity index (χ0v) is 19.0. The lowest BCUT2D eigenvalue weighted by molar-refractivity contribution is -0.152. The Bertz CT molecular complexity index is 1330. The summed E-state index contributed by atoms with van der Waals surface area (Å²) in [7, 11) is 3.63. The molecule has 0 saturated heterocycles. The maximum Gasteiger partial charge on any atom is 0.346 e. The van der Waals surface area contributed by atoms with Crippen LogP contribution < -0.4 is 26.1 Å². The first-order chi connectivity index (χ1) is 14.9. The average molecular weight is 443 g/mol. The minimum absolute atomic E-state index is 0.0642. The van der Waals surface area contributed by atoms with Crippen LogP contribution in [-0.2, 0) is 23.9 Å². The van der Waals surface area contributed by atoms with Crippen LogP contribution in [0.2, 0.25) is 0 Å². The molecule has 0 fully saturated rings. The van der Waals surface area contributed by atoms with Crippen molar-refractivity contribution in [3.63, 3.8) is 0 Å². The highest BCUT2D eigenvalue weighted by Gasteiger charge is 2.59. The first-order valence-electron chi connectivity index (χ1n) is 9.81. The number of para-hydroxylation sites is 1. The van der Waals surface area contributed by atoms with E-state index in [-0.39, 0.29) is 33.0 Å². The van der Waals surface area contributed by atoms with Crippen molar-refractivity contribution >= 4 is 40.0 Å². The van der Waals surface area contributed by atoms with Crippen molar-refractivity contribution in [1.82, 2.24) is 5.32 Å². The van der Waals surface area contributed by atoms with Crippen LogP contribution in [0.15, 0.2) is 27.4 Å². The van der Waals surface area contributed by atoms with E-state index in [2.05, 4.69) is 5.32 Å². The van der Waals surface area contributed by atoms with Crippen molar-refractivity contribution in [2.75, 3.05) is 21.3 Å². The van der Waals surface area contributed by atoms with Gasteiger partial charge in [0.25, 0.3) is 0 Å². The molecule has 32 heavy (non-hydrogen) atoms. The molecule has 0 spiro atoms. The Morgan fingerprint density at radius 3 is 2.19 bits per heavy atom. The minimum Gasteiger partial charge on any atom is -0.493 e. The average Bonchev–Trinajstić information content (AvgIpc) is 3.03. The van der Waals surface area contributed by atoms with Crippen molar-refractivity contribution in [3.05, 3.63) is 39.1 Å². The molecular weight excluding hydrogens is 418 g/mol. The normalized spacial score (nSPS) is 17.7. The molecular formula is C23H25NO8. The van der Waals surface area contributed by atoms with Crippen LogP contribution in [0.5, 0.6) is 5.75 Å². The summed E-state index contributed by atoms with van der Waals surface area (Å²) in [5, 5.41) is 3.34. The SMILES string of the molecule is COC(=O)C1=c2c(c(=O)oc3c(OC)cccc23)=C(NC(C)(C)C)C1(C(C)=O)C(=O)OC. The Hall–Kier alpha value is -3.62. The van der Waals surface area contributed by atoms with Crippen LogP contribution in [-0.4, -0.2) is 44.6 Å². The van der Waals surface area contributed by atoms with E-state index >= 15 is 0 Å². The summed E-state index contributed by atoms with van der Waals surface area (Å²) in [6.07, 6.45) is 0. The third kappa shape index (κ3) is 3.16. The van der Waals surface area contributed by atoms with Gasteiger partial charge in [0, 0.05) is 16.1 Å². The van der Waals surface area contributed by atoms with Crippen LogP contribution in [0, 0.1) is 5.41 Å². The minimum atomic E-state index is -2.25. The molecule has 0 bridgehead atoms. The summed E-state index contributed by atoms with van der Waals surface area (Å²) in [6, 6.07) is 4.82. The Labute approximate surface area is 183 Å². The fourth-order valence-electron chi connectivity index (χ4n) is 4.09. The van der Waals surface area contributed by atoms with Gasteiger partial charge in [0.2, 0.25) is 0 Å². The van der Waals surface area contributed by atoms with Crippen molar-refractivity contribution in [1.29, 1.82) is 0 Å². The topological polar surface area (TPSA) is 121 Å². The quantitative estimate of drug-likeness (QED) is 0.397. The van der Waals surface area contributed by atoms with E-state index < -0.39 is 34.3 Å². The first-order valence-corrected chi connectivity index (χ1v) is 9.81. The standard InChI is InChI=1S/C23H25NO8/c1-11(25)23(21(28)31-7)16(20(27)30-6)14-12-9-8-10-13(29-5)17(12)32-19(26)15(14)18(23)24-22(2,3)4/h8-10,24H,1-7H3. The van der Waals surface area contributed by atoms with Gasteiger partial charge in [0.1, 0.15) is 0 Å². The smallest absolute Gasteiger partial charge is 0.346 e. The van der Waals surface area contributed by atoms with E-state index in [1.54, 1.807) is 39.0 Å². The molecule has 0 saturated carbocycles. The van der Waals surface area contributed by atoms with E-state index in [1.165, 1.54) is 7.11 Å². The molecule has 1 aliphatic rings. The van der Waals surface area contributed by atoms with Gasteiger partial charge < -0.3 is 23.9 Å². The number of fused-ring (bicyclic) bond motifs is 3. The molecule has 0 amide bonds. The molecule has 1 aromatic carbocycles. The fourth-order valence-corrected chi connectivity index (χ4v) is 4.09. The van der Waals surface area contributed by atoms with Gasteiger partial charge >= 0.3 is 17.6 Å². The number of benzene rings is 1. The molecule has 1 atom stereocenters. The fraction of sp³-hybridized carbons (Fsp3) is 0.391. The predicted octanol–water partition coefficient (Wildman–Crippen LogP) is 0.384. The van der Waals surface area contributed by atoms with Crippen LogP contribution in [0.4, 0.5) is 0 Å². The van der Waals surface area contributed by atoms with E-state index in [4.69, 9.17) is 18.6 Å². The molecule has 1 N–H and O–H groups in total. The zero-order chi connectivity index (χ0) is 24.0. The Morgan fingerprint density at radius 2 is 1.69 bits per heavy atom. The molecule has 170 valence electrons. The monoisotopic (exact) mass is 443 g/mol. The number of hydrogen-bond donors (Lipinski definition) is 1. The van der Waals surface area contributed by atoms with Gasteiger partial charge in [-0.05, 0) is 33.8 Å². The third-order valence-corrected chi connectivity index (χ3v) is 5.28. The number of carbonyl (C=O) groups is 3. The van der Waals surface area contributed by atoms with E-state index in [9.17, 15) is 19.2 Å². The second kappa shape index (κ2) is 7.81. The number of nitrogens with one attached hydrogen (secondary N) is 1. The number of esters is 2. The maximum atomic E-state index is 13.3. The number of ether oxygens (including phenoxy) is 3. The summed E-state index contributed by atoms with van der Waals surface area (Å²) < 4.78 is 20.8. The largest absolute Gasteiger partial charge is 0.493 e. The van der Waals surface area contributed by atoms with Crippen molar-refractivity contribution in [2.24, 2.45) is 5.41 Å². The molecule has 0 radical (unpaired) electrons. The highest BCUT2D eigenvalue weighted by molar-refractivity contribution is 6.33. The number of ketones is 1. The molecule has 1 aliphatic carbocycles. The van der Waals surface area contributed by atoms with Crippen LogP contribution >= 0.6 is 0 Å². The zero-order valence-electron chi connectivity index (χ0n) is 19.0. The molecule has 1 heterocycles. The predicted molar refractivity (Wildman–Crippen MR) is 115 cm³/mol. The second-order valence-corrected chi connectivity index (χ2v) is 8.39. The van der Waals surface area contributed by atoms with Crippen molar-refractivity contribution in [2.45, 2.75) is 33.2 Å². The molecule has 1 aromatic heterocycles. The Kier molecular flexibility index (Phi) is 5.63. The lowest BCUT2D eigenvalue weighted by Crippen LogP contribution is -2.51. The van der Waals surface area contributed by atoms with Crippen molar-refractivity contribution in [3.8, 4) is 5.75 Å². The van der Waals surface area contributed by atoms with E-state index in [1.807, 2.05) is 0 Å². The van der Waals surface area contributed by atoms with Gasteiger partial charge in [0.15, 0.2) is 22.5 Å². The Morgan fingerprint density at radius 1 is 1.03 bits per heavy atom. The second-order valence-electron chi connectivity index (χ2n) is 8.39. The molecule has 2 aromatic rings. The lowest BCUT2D eigenvalue weighted by atomic mass is 9.75. The summed E-state index contributed by atoms with van der Waals surface area (Å²) in [5.41, 5.74) is -4.13. The number of hydrogen-bond acceptors (Lipinski definition) is 9. The van der Waals surface area contributed by atoms with E-state index in [0.717, 1.165) is 21.1 Å². The number of methoxy groups -OCH3 is 3.